The second kappa shape index (κ2) is 4.14. The molecule has 0 heterocycles. The van der Waals surface area contributed by atoms with Crippen LogP contribution in [0.2, 0.25) is 0 Å². The highest BCUT2D eigenvalue weighted by Gasteiger charge is 2.27. The van der Waals surface area contributed by atoms with Gasteiger partial charge >= 0.3 is 0 Å². The minimum atomic E-state index is 0.426. The average Bonchev–Trinajstić information content (AvgIpc) is 2.27. The zero-order chi connectivity index (χ0) is 9.97. The van der Waals surface area contributed by atoms with Crippen LogP contribution in [0.4, 0.5) is 0 Å². The van der Waals surface area contributed by atoms with E-state index in [4.69, 9.17) is 4.74 Å². The fourth-order valence-corrected chi connectivity index (χ4v) is 2.59. The van der Waals surface area contributed by atoms with Gasteiger partial charge in [-0.3, -0.25) is 0 Å². The highest BCUT2D eigenvalue weighted by molar-refractivity contribution is 5.33. The molecule has 14 heavy (non-hydrogen) atoms. The number of hydrogen-bond donors (Lipinski definition) is 0. The molecular weight excluding hydrogens is 172 g/mol. The standard InChI is InChI=1S/C13H18O/c1-3-11-12-7-5-4-6-10(12)8-9-13(11)14-2/h4-7,11,13H,3,8-9H2,1-2H3. The molecule has 1 aromatic carbocycles. The normalized spacial score (nSPS) is 25.9. The van der Waals surface area contributed by atoms with Crippen LogP contribution >= 0.6 is 0 Å². The van der Waals surface area contributed by atoms with Gasteiger partial charge in [0.05, 0.1) is 6.10 Å². The van der Waals surface area contributed by atoms with Gasteiger partial charge in [-0.2, -0.15) is 0 Å². The molecule has 2 unspecified atom stereocenters. The number of benzene rings is 1. The first-order chi connectivity index (χ1) is 6.86. The Morgan fingerprint density at radius 2 is 2.14 bits per heavy atom. The summed E-state index contributed by atoms with van der Waals surface area (Å²) < 4.78 is 5.55. The van der Waals surface area contributed by atoms with Crippen LogP contribution in [0.5, 0.6) is 0 Å². The van der Waals surface area contributed by atoms with Crippen LogP contribution in [-0.2, 0) is 11.2 Å². The van der Waals surface area contributed by atoms with Gasteiger partial charge in [-0.1, -0.05) is 31.2 Å². The number of methoxy groups -OCH3 is 1. The Hall–Kier alpha value is -0.820. The predicted molar refractivity (Wildman–Crippen MR) is 58.6 cm³/mol. The minimum Gasteiger partial charge on any atom is -0.381 e. The van der Waals surface area contributed by atoms with E-state index in [-0.39, 0.29) is 0 Å². The molecule has 1 aliphatic rings. The van der Waals surface area contributed by atoms with Gasteiger partial charge in [0.25, 0.3) is 0 Å². The second-order valence-corrected chi connectivity index (χ2v) is 4.03. The van der Waals surface area contributed by atoms with E-state index < -0.39 is 0 Å². The minimum absolute atomic E-state index is 0.426. The first-order valence-corrected chi connectivity index (χ1v) is 5.47. The predicted octanol–water partition coefficient (Wildman–Crippen LogP) is 3.14. The van der Waals surface area contributed by atoms with E-state index in [0.717, 1.165) is 0 Å². The molecule has 1 aromatic rings. The average molecular weight is 190 g/mol. The molecule has 1 nitrogen and oxygen atoms in total. The van der Waals surface area contributed by atoms with Gasteiger partial charge < -0.3 is 4.74 Å². The van der Waals surface area contributed by atoms with E-state index >= 15 is 0 Å². The monoisotopic (exact) mass is 190 g/mol. The van der Waals surface area contributed by atoms with E-state index in [2.05, 4.69) is 31.2 Å². The third-order valence-corrected chi connectivity index (χ3v) is 3.34. The van der Waals surface area contributed by atoms with E-state index in [1.807, 2.05) is 7.11 Å². The molecule has 1 aliphatic carbocycles. The lowest BCUT2D eigenvalue weighted by Crippen LogP contribution is -2.26. The molecule has 2 atom stereocenters. The van der Waals surface area contributed by atoms with Gasteiger partial charge in [0.15, 0.2) is 0 Å². The summed E-state index contributed by atoms with van der Waals surface area (Å²) in [6.07, 6.45) is 3.95. The highest BCUT2D eigenvalue weighted by Crippen LogP contribution is 2.35. The Bertz CT molecular complexity index is 306. The lowest BCUT2D eigenvalue weighted by atomic mass is 9.79. The fraction of sp³-hybridized carbons (Fsp3) is 0.538. The van der Waals surface area contributed by atoms with Gasteiger partial charge in [0, 0.05) is 13.0 Å². The molecule has 0 saturated heterocycles. The molecular formula is C13H18O. The van der Waals surface area contributed by atoms with Crippen LogP contribution in [0.25, 0.3) is 0 Å². The topological polar surface area (TPSA) is 9.23 Å². The number of rotatable bonds is 2. The molecule has 0 fully saturated rings. The maximum Gasteiger partial charge on any atom is 0.0643 e. The molecule has 0 saturated carbocycles. The molecule has 0 spiro atoms. The molecule has 0 N–H and O–H groups in total. The highest BCUT2D eigenvalue weighted by atomic mass is 16.5. The van der Waals surface area contributed by atoms with Gasteiger partial charge in [0.1, 0.15) is 0 Å². The Morgan fingerprint density at radius 1 is 1.36 bits per heavy atom. The molecule has 0 bridgehead atoms. The molecule has 2 rings (SSSR count). The fourth-order valence-electron chi connectivity index (χ4n) is 2.59. The molecule has 0 aliphatic heterocycles. The molecule has 0 radical (unpaired) electrons. The SMILES string of the molecule is CCC1c2ccccc2CCC1OC. The van der Waals surface area contributed by atoms with Crippen LogP contribution < -0.4 is 0 Å². The van der Waals surface area contributed by atoms with Crippen LogP contribution in [-0.4, -0.2) is 13.2 Å². The lowest BCUT2D eigenvalue weighted by molar-refractivity contribution is 0.0649. The Balaban J connectivity index is 2.34. The largest absolute Gasteiger partial charge is 0.381 e. The zero-order valence-electron chi connectivity index (χ0n) is 8.99. The molecule has 0 aromatic heterocycles. The number of fused-ring (bicyclic) bond motifs is 1. The van der Waals surface area contributed by atoms with Crippen molar-refractivity contribution in [1.29, 1.82) is 0 Å². The van der Waals surface area contributed by atoms with E-state index in [1.165, 1.54) is 30.4 Å². The first kappa shape index (κ1) is 9.72. The molecule has 0 amide bonds. The summed E-state index contributed by atoms with van der Waals surface area (Å²) in [6.45, 7) is 2.25. The van der Waals surface area contributed by atoms with Crippen molar-refractivity contribution < 1.29 is 4.74 Å². The smallest absolute Gasteiger partial charge is 0.0643 e. The van der Waals surface area contributed by atoms with E-state index in [1.54, 1.807) is 0 Å². The number of ether oxygens (including phenoxy) is 1. The summed E-state index contributed by atoms with van der Waals surface area (Å²) >= 11 is 0. The Morgan fingerprint density at radius 3 is 2.86 bits per heavy atom. The van der Waals surface area contributed by atoms with Crippen molar-refractivity contribution in [3.05, 3.63) is 35.4 Å². The Labute approximate surface area is 86.1 Å². The summed E-state index contributed by atoms with van der Waals surface area (Å²) in [5.41, 5.74) is 3.03. The third kappa shape index (κ3) is 1.57. The van der Waals surface area contributed by atoms with E-state index in [9.17, 15) is 0 Å². The lowest BCUT2D eigenvalue weighted by Gasteiger charge is -2.32. The summed E-state index contributed by atoms with van der Waals surface area (Å²) in [7, 11) is 1.83. The van der Waals surface area contributed by atoms with Crippen LogP contribution in [0.3, 0.4) is 0 Å². The van der Waals surface area contributed by atoms with Gasteiger partial charge in [0.2, 0.25) is 0 Å². The zero-order valence-corrected chi connectivity index (χ0v) is 8.99. The number of aryl methyl sites for hydroxylation is 1. The van der Waals surface area contributed by atoms with Crippen molar-refractivity contribution in [3.63, 3.8) is 0 Å². The van der Waals surface area contributed by atoms with Crippen molar-refractivity contribution in [3.8, 4) is 0 Å². The van der Waals surface area contributed by atoms with Crippen molar-refractivity contribution >= 4 is 0 Å². The maximum absolute atomic E-state index is 5.55. The molecule has 76 valence electrons. The molecule has 1 heteroatoms. The summed E-state index contributed by atoms with van der Waals surface area (Å²) in [5.74, 6) is 0.602. The van der Waals surface area contributed by atoms with Gasteiger partial charge in [-0.15, -0.1) is 0 Å². The van der Waals surface area contributed by atoms with E-state index in [0.29, 0.717) is 12.0 Å². The van der Waals surface area contributed by atoms with Gasteiger partial charge in [-0.25, -0.2) is 0 Å². The van der Waals surface area contributed by atoms with Crippen molar-refractivity contribution in [2.75, 3.05) is 7.11 Å². The summed E-state index contributed by atoms with van der Waals surface area (Å²) in [6, 6.07) is 8.79. The van der Waals surface area contributed by atoms with Crippen molar-refractivity contribution in [1.82, 2.24) is 0 Å². The van der Waals surface area contributed by atoms with Crippen LogP contribution in [0, 0.1) is 0 Å². The van der Waals surface area contributed by atoms with Crippen LogP contribution in [0.15, 0.2) is 24.3 Å². The quantitative estimate of drug-likeness (QED) is 0.696. The van der Waals surface area contributed by atoms with Crippen LogP contribution in [0.1, 0.15) is 36.8 Å². The number of hydrogen-bond acceptors (Lipinski definition) is 1. The second-order valence-electron chi connectivity index (χ2n) is 4.03. The summed E-state index contributed by atoms with van der Waals surface area (Å²) in [4.78, 5) is 0. The van der Waals surface area contributed by atoms with Crippen molar-refractivity contribution in [2.45, 2.75) is 38.2 Å². The first-order valence-electron chi connectivity index (χ1n) is 5.47. The third-order valence-electron chi connectivity index (χ3n) is 3.34. The van der Waals surface area contributed by atoms with Crippen molar-refractivity contribution in [2.24, 2.45) is 0 Å². The maximum atomic E-state index is 5.55. The summed E-state index contributed by atoms with van der Waals surface area (Å²) in [5, 5.41) is 0. The Kier molecular flexibility index (Phi) is 2.87. The van der Waals surface area contributed by atoms with Gasteiger partial charge in [-0.05, 0) is 30.4 Å².